The summed E-state index contributed by atoms with van der Waals surface area (Å²) in [5, 5.41) is 2.52. The molecule has 0 radical (unpaired) electrons. The molecule has 0 spiro atoms. The number of hydrogen-bond acceptors (Lipinski definition) is 1. The number of nitrogen functional groups attached to an aromatic ring is 1. The number of aromatic nitrogens is 1. The van der Waals surface area contributed by atoms with Gasteiger partial charge in [0.15, 0.2) is 0 Å². The SMILES string of the molecule is Nc1cccc(-c2cccc3c2c2ccccc2n3-c2ccccc2)c1. The van der Waals surface area contributed by atoms with Gasteiger partial charge in [-0.15, -0.1) is 0 Å². The third-order valence-electron chi connectivity index (χ3n) is 4.91. The fourth-order valence-corrected chi connectivity index (χ4v) is 3.82. The van der Waals surface area contributed by atoms with Gasteiger partial charge in [0.25, 0.3) is 0 Å². The molecule has 26 heavy (non-hydrogen) atoms. The summed E-state index contributed by atoms with van der Waals surface area (Å²) in [7, 11) is 0. The Balaban J connectivity index is 1.94. The molecule has 0 aliphatic rings. The van der Waals surface area contributed by atoms with Crippen molar-refractivity contribution in [3.63, 3.8) is 0 Å². The molecule has 4 aromatic carbocycles. The predicted molar refractivity (Wildman–Crippen MR) is 111 cm³/mol. The zero-order valence-corrected chi connectivity index (χ0v) is 14.3. The van der Waals surface area contributed by atoms with Crippen LogP contribution in [0.4, 0.5) is 5.69 Å². The van der Waals surface area contributed by atoms with Crippen LogP contribution in [0.2, 0.25) is 0 Å². The van der Waals surface area contributed by atoms with E-state index in [9.17, 15) is 0 Å². The second kappa shape index (κ2) is 5.78. The Bertz CT molecular complexity index is 1230. The second-order valence-corrected chi connectivity index (χ2v) is 6.51. The van der Waals surface area contributed by atoms with Gasteiger partial charge in [0.1, 0.15) is 0 Å². The number of para-hydroxylation sites is 2. The third kappa shape index (κ3) is 2.20. The summed E-state index contributed by atoms with van der Waals surface area (Å²) in [5.74, 6) is 0. The molecule has 0 fully saturated rings. The minimum atomic E-state index is 0.784. The summed E-state index contributed by atoms with van der Waals surface area (Å²) < 4.78 is 2.33. The predicted octanol–water partition coefficient (Wildman–Crippen LogP) is 6.03. The van der Waals surface area contributed by atoms with E-state index in [1.54, 1.807) is 0 Å². The van der Waals surface area contributed by atoms with Crippen molar-refractivity contribution in [1.29, 1.82) is 0 Å². The summed E-state index contributed by atoms with van der Waals surface area (Å²) in [6.07, 6.45) is 0. The Morgan fingerprint density at radius 1 is 0.615 bits per heavy atom. The van der Waals surface area contributed by atoms with Gasteiger partial charge in [-0.2, -0.15) is 0 Å². The first kappa shape index (κ1) is 14.8. The molecule has 0 aliphatic heterocycles. The summed E-state index contributed by atoms with van der Waals surface area (Å²) >= 11 is 0. The molecule has 0 bridgehead atoms. The molecule has 0 saturated heterocycles. The number of nitrogens with zero attached hydrogens (tertiary/aromatic N) is 1. The highest BCUT2D eigenvalue weighted by Gasteiger charge is 2.15. The Morgan fingerprint density at radius 2 is 1.35 bits per heavy atom. The highest BCUT2D eigenvalue weighted by atomic mass is 15.0. The smallest absolute Gasteiger partial charge is 0.0547 e. The minimum absolute atomic E-state index is 0.784. The van der Waals surface area contributed by atoms with Crippen molar-refractivity contribution < 1.29 is 0 Å². The molecular weight excluding hydrogens is 316 g/mol. The van der Waals surface area contributed by atoms with E-state index in [2.05, 4.69) is 83.4 Å². The zero-order chi connectivity index (χ0) is 17.5. The van der Waals surface area contributed by atoms with Gasteiger partial charge in [0, 0.05) is 22.1 Å². The van der Waals surface area contributed by atoms with Crippen molar-refractivity contribution in [2.75, 3.05) is 5.73 Å². The van der Waals surface area contributed by atoms with Crippen LogP contribution in [-0.2, 0) is 0 Å². The lowest BCUT2D eigenvalue weighted by atomic mass is 9.99. The number of rotatable bonds is 2. The van der Waals surface area contributed by atoms with Crippen molar-refractivity contribution in [2.45, 2.75) is 0 Å². The number of hydrogen-bond donors (Lipinski definition) is 1. The number of benzene rings is 4. The van der Waals surface area contributed by atoms with E-state index in [1.165, 1.54) is 33.1 Å². The first-order valence-electron chi connectivity index (χ1n) is 8.76. The lowest BCUT2D eigenvalue weighted by molar-refractivity contribution is 1.18. The second-order valence-electron chi connectivity index (χ2n) is 6.51. The molecule has 0 atom stereocenters. The van der Waals surface area contributed by atoms with E-state index in [4.69, 9.17) is 5.73 Å². The first-order chi connectivity index (χ1) is 12.8. The van der Waals surface area contributed by atoms with Crippen LogP contribution in [-0.4, -0.2) is 4.57 Å². The quantitative estimate of drug-likeness (QED) is 0.392. The van der Waals surface area contributed by atoms with Gasteiger partial charge in [-0.25, -0.2) is 0 Å². The van der Waals surface area contributed by atoms with Crippen molar-refractivity contribution in [3.05, 3.63) is 97.1 Å². The maximum absolute atomic E-state index is 6.04. The lowest BCUT2D eigenvalue weighted by Gasteiger charge is -2.09. The highest BCUT2D eigenvalue weighted by Crippen LogP contribution is 2.38. The maximum atomic E-state index is 6.04. The molecule has 2 heteroatoms. The van der Waals surface area contributed by atoms with Crippen LogP contribution in [0.5, 0.6) is 0 Å². The van der Waals surface area contributed by atoms with Gasteiger partial charge in [-0.1, -0.05) is 60.7 Å². The van der Waals surface area contributed by atoms with E-state index < -0.39 is 0 Å². The van der Waals surface area contributed by atoms with Gasteiger partial charge in [0.2, 0.25) is 0 Å². The highest BCUT2D eigenvalue weighted by molar-refractivity contribution is 6.15. The number of anilines is 1. The van der Waals surface area contributed by atoms with Crippen LogP contribution in [0.25, 0.3) is 38.6 Å². The van der Waals surface area contributed by atoms with Crippen LogP contribution in [0.1, 0.15) is 0 Å². The van der Waals surface area contributed by atoms with E-state index in [1.807, 2.05) is 18.2 Å². The molecule has 0 aliphatic carbocycles. The summed E-state index contributed by atoms with van der Waals surface area (Å²) in [6, 6.07) is 33.7. The summed E-state index contributed by atoms with van der Waals surface area (Å²) in [5.41, 5.74) is 12.8. The van der Waals surface area contributed by atoms with Crippen molar-refractivity contribution in [1.82, 2.24) is 4.57 Å². The maximum Gasteiger partial charge on any atom is 0.0547 e. The van der Waals surface area contributed by atoms with Crippen molar-refractivity contribution in [3.8, 4) is 16.8 Å². The molecule has 0 amide bonds. The summed E-state index contributed by atoms with van der Waals surface area (Å²) in [4.78, 5) is 0. The molecular formula is C24H18N2. The van der Waals surface area contributed by atoms with Crippen LogP contribution in [0.15, 0.2) is 97.1 Å². The number of nitrogens with two attached hydrogens (primary N) is 1. The molecule has 1 heterocycles. The minimum Gasteiger partial charge on any atom is -0.399 e. The summed E-state index contributed by atoms with van der Waals surface area (Å²) in [6.45, 7) is 0. The standard InChI is InChI=1S/C24H18N2/c25-18-9-6-8-17(16-18)20-13-7-15-23-24(20)21-12-4-5-14-22(21)26(23)19-10-2-1-3-11-19/h1-16H,25H2. The number of fused-ring (bicyclic) bond motifs is 3. The molecule has 5 rings (SSSR count). The fraction of sp³-hybridized carbons (Fsp3) is 0. The molecule has 2 N–H and O–H groups in total. The van der Waals surface area contributed by atoms with Crippen molar-refractivity contribution >= 4 is 27.5 Å². The monoisotopic (exact) mass is 334 g/mol. The molecule has 0 saturated carbocycles. The Labute approximate surface area is 152 Å². The van der Waals surface area contributed by atoms with E-state index >= 15 is 0 Å². The fourth-order valence-electron chi connectivity index (χ4n) is 3.82. The molecule has 5 aromatic rings. The average molecular weight is 334 g/mol. The largest absolute Gasteiger partial charge is 0.399 e. The molecule has 124 valence electrons. The van der Waals surface area contributed by atoms with E-state index in [0.717, 1.165) is 11.3 Å². The van der Waals surface area contributed by atoms with Crippen LogP contribution in [0.3, 0.4) is 0 Å². The normalized spacial score (nSPS) is 11.2. The van der Waals surface area contributed by atoms with Crippen molar-refractivity contribution in [2.24, 2.45) is 0 Å². The molecule has 1 aromatic heterocycles. The Morgan fingerprint density at radius 3 is 2.19 bits per heavy atom. The van der Waals surface area contributed by atoms with Crippen LogP contribution < -0.4 is 5.73 Å². The molecule has 0 unspecified atom stereocenters. The zero-order valence-electron chi connectivity index (χ0n) is 14.3. The van der Waals surface area contributed by atoms with Gasteiger partial charge in [-0.3, -0.25) is 0 Å². The van der Waals surface area contributed by atoms with Crippen LogP contribution in [0, 0.1) is 0 Å². The van der Waals surface area contributed by atoms with E-state index in [0.29, 0.717) is 0 Å². The lowest BCUT2D eigenvalue weighted by Crippen LogP contribution is -1.93. The third-order valence-corrected chi connectivity index (χ3v) is 4.91. The van der Waals surface area contributed by atoms with Crippen LogP contribution >= 0.6 is 0 Å². The van der Waals surface area contributed by atoms with Gasteiger partial charge < -0.3 is 10.3 Å². The van der Waals surface area contributed by atoms with E-state index in [-0.39, 0.29) is 0 Å². The van der Waals surface area contributed by atoms with Gasteiger partial charge in [0.05, 0.1) is 11.0 Å². The van der Waals surface area contributed by atoms with Gasteiger partial charge in [-0.05, 0) is 47.5 Å². The Kier molecular flexibility index (Phi) is 3.29. The van der Waals surface area contributed by atoms with Gasteiger partial charge >= 0.3 is 0 Å². The first-order valence-corrected chi connectivity index (χ1v) is 8.76. The molecule has 2 nitrogen and oxygen atoms in total. The average Bonchev–Trinajstić information content (AvgIpc) is 3.03. The topological polar surface area (TPSA) is 30.9 Å². The Hall–Kier alpha value is -3.52.